The summed E-state index contributed by atoms with van der Waals surface area (Å²) in [6, 6.07) is 9.48. The first-order chi connectivity index (χ1) is 11.7. The fourth-order valence-corrected chi connectivity index (χ4v) is 4.03. The van der Waals surface area contributed by atoms with Gasteiger partial charge in [0.1, 0.15) is 0 Å². The minimum Gasteiger partial charge on any atom is -0.465 e. The van der Waals surface area contributed by atoms with Crippen molar-refractivity contribution in [1.82, 2.24) is 4.98 Å². The van der Waals surface area contributed by atoms with Crippen molar-refractivity contribution in [1.29, 1.82) is 0 Å². The van der Waals surface area contributed by atoms with Gasteiger partial charge in [0.05, 0.1) is 35.1 Å². The van der Waals surface area contributed by atoms with Crippen LogP contribution in [0.1, 0.15) is 40.0 Å². The monoisotopic (exact) mass is 340 g/mol. The highest BCUT2D eigenvalue weighted by Gasteiger charge is 2.41. The van der Waals surface area contributed by atoms with Gasteiger partial charge in [-0.05, 0) is 42.2 Å². The number of esters is 1. The van der Waals surface area contributed by atoms with Gasteiger partial charge < -0.3 is 10.1 Å². The second-order valence-corrected chi connectivity index (χ2v) is 6.51. The summed E-state index contributed by atoms with van der Waals surface area (Å²) < 4.78 is 4.96. The number of nitrogens with zero attached hydrogens (tertiary/aromatic N) is 1. The van der Waals surface area contributed by atoms with Gasteiger partial charge in [0.15, 0.2) is 0 Å². The molecule has 5 heteroatoms. The summed E-state index contributed by atoms with van der Waals surface area (Å²) in [6.45, 7) is 0. The first-order valence-corrected chi connectivity index (χ1v) is 8.33. The number of ether oxygens (including phenoxy) is 1. The Hall–Kier alpha value is -2.33. The number of hydrogen-bond acceptors (Lipinski definition) is 4. The predicted octanol–water partition coefficient (Wildman–Crippen LogP) is 4.35. The van der Waals surface area contributed by atoms with E-state index < -0.39 is 0 Å². The van der Waals surface area contributed by atoms with Crippen molar-refractivity contribution in [2.45, 2.75) is 18.4 Å². The Morgan fingerprint density at radius 1 is 1.33 bits per heavy atom. The van der Waals surface area contributed by atoms with Crippen molar-refractivity contribution < 1.29 is 9.53 Å². The molecule has 1 aliphatic carbocycles. The molecule has 4 nitrogen and oxygen atoms in total. The van der Waals surface area contributed by atoms with Crippen LogP contribution in [0.25, 0.3) is 0 Å². The number of hydrogen-bond donors (Lipinski definition) is 1. The summed E-state index contributed by atoms with van der Waals surface area (Å²) in [7, 11) is 1.40. The van der Waals surface area contributed by atoms with Crippen molar-refractivity contribution in [3.8, 4) is 0 Å². The minimum absolute atomic E-state index is 0.0593. The Kier molecular flexibility index (Phi) is 3.77. The highest BCUT2D eigenvalue weighted by Crippen LogP contribution is 2.52. The number of halogens is 1. The fourth-order valence-electron chi connectivity index (χ4n) is 3.81. The average molecular weight is 341 g/mol. The van der Waals surface area contributed by atoms with Crippen molar-refractivity contribution in [2.75, 3.05) is 12.4 Å². The maximum Gasteiger partial charge on any atom is 0.338 e. The molecular formula is C19H17ClN2O2. The minimum atomic E-state index is -0.333. The third-order valence-corrected chi connectivity index (χ3v) is 5.20. The van der Waals surface area contributed by atoms with Crippen molar-refractivity contribution >= 4 is 23.3 Å². The zero-order valence-corrected chi connectivity index (χ0v) is 14.0. The molecule has 0 amide bonds. The maximum atomic E-state index is 12.2. The van der Waals surface area contributed by atoms with Gasteiger partial charge in [-0.3, -0.25) is 4.98 Å². The Morgan fingerprint density at radius 2 is 2.21 bits per heavy atom. The number of anilines is 1. The number of pyridine rings is 1. The van der Waals surface area contributed by atoms with Gasteiger partial charge >= 0.3 is 5.97 Å². The number of carbonyl (C=O) groups excluding carboxylic acids is 1. The number of allylic oxidation sites excluding steroid dienone is 2. The molecule has 24 heavy (non-hydrogen) atoms. The van der Waals surface area contributed by atoms with Crippen molar-refractivity contribution in [3.05, 3.63) is 70.5 Å². The average Bonchev–Trinajstić information content (AvgIpc) is 3.11. The molecule has 1 aromatic heterocycles. The summed E-state index contributed by atoms with van der Waals surface area (Å²) in [5, 5.41) is 4.14. The van der Waals surface area contributed by atoms with E-state index in [2.05, 4.69) is 22.5 Å². The van der Waals surface area contributed by atoms with Crippen LogP contribution in [-0.2, 0) is 4.74 Å². The molecule has 0 saturated carbocycles. The third-order valence-electron chi connectivity index (χ3n) is 4.88. The number of carbonyl (C=O) groups is 1. The quantitative estimate of drug-likeness (QED) is 0.652. The van der Waals surface area contributed by atoms with Crippen LogP contribution in [0.5, 0.6) is 0 Å². The van der Waals surface area contributed by atoms with Crippen molar-refractivity contribution in [3.63, 3.8) is 0 Å². The summed E-state index contributed by atoms with van der Waals surface area (Å²) in [4.78, 5) is 16.7. The lowest BCUT2D eigenvalue weighted by Crippen LogP contribution is -2.31. The molecule has 1 aliphatic heterocycles. The van der Waals surface area contributed by atoms with E-state index in [-0.39, 0.29) is 17.9 Å². The molecule has 0 radical (unpaired) electrons. The first-order valence-electron chi connectivity index (χ1n) is 7.95. The molecular weight excluding hydrogens is 324 g/mol. The van der Waals surface area contributed by atoms with Crippen LogP contribution >= 0.6 is 11.6 Å². The lowest BCUT2D eigenvalue weighted by Gasteiger charge is -2.38. The van der Waals surface area contributed by atoms with Crippen LogP contribution in [0.3, 0.4) is 0 Å². The predicted molar refractivity (Wildman–Crippen MR) is 93.4 cm³/mol. The van der Waals surface area contributed by atoms with Gasteiger partial charge in [0, 0.05) is 12.1 Å². The van der Waals surface area contributed by atoms with Crippen LogP contribution in [0.15, 0.2) is 48.7 Å². The zero-order chi connectivity index (χ0) is 16.7. The Labute approximate surface area is 145 Å². The normalized spacial score (nSPS) is 24.0. The van der Waals surface area contributed by atoms with Gasteiger partial charge in [0.2, 0.25) is 0 Å². The van der Waals surface area contributed by atoms with Gasteiger partial charge in [-0.1, -0.05) is 29.8 Å². The van der Waals surface area contributed by atoms with E-state index in [0.717, 1.165) is 23.4 Å². The molecule has 122 valence electrons. The van der Waals surface area contributed by atoms with E-state index in [0.29, 0.717) is 16.5 Å². The largest absolute Gasteiger partial charge is 0.465 e. The van der Waals surface area contributed by atoms with E-state index in [1.807, 2.05) is 18.2 Å². The van der Waals surface area contributed by atoms with Gasteiger partial charge in [-0.2, -0.15) is 0 Å². The smallest absolute Gasteiger partial charge is 0.338 e. The molecule has 0 unspecified atom stereocenters. The number of methoxy groups -OCH3 is 1. The van der Waals surface area contributed by atoms with Crippen LogP contribution in [0.4, 0.5) is 5.69 Å². The molecule has 0 fully saturated rings. The molecule has 4 rings (SSSR count). The summed E-state index contributed by atoms with van der Waals surface area (Å²) in [5.74, 6) is 0.0929. The fraction of sp³-hybridized carbons (Fsp3) is 0.263. The molecule has 3 atom stereocenters. The summed E-state index contributed by atoms with van der Waals surface area (Å²) in [6.07, 6.45) is 7.08. The topological polar surface area (TPSA) is 51.2 Å². The number of fused-ring (bicyclic) bond motifs is 3. The molecule has 0 spiro atoms. The van der Waals surface area contributed by atoms with E-state index >= 15 is 0 Å². The van der Waals surface area contributed by atoms with Gasteiger partial charge in [-0.15, -0.1) is 0 Å². The summed E-state index contributed by atoms with van der Waals surface area (Å²) >= 11 is 6.45. The number of nitrogens with one attached hydrogen (secondary N) is 1. The van der Waals surface area contributed by atoms with E-state index in [1.165, 1.54) is 7.11 Å². The van der Waals surface area contributed by atoms with E-state index in [4.69, 9.17) is 16.3 Å². The second kappa shape index (κ2) is 5.95. The molecule has 2 heterocycles. The van der Waals surface area contributed by atoms with Crippen molar-refractivity contribution in [2.24, 2.45) is 5.92 Å². The molecule has 0 bridgehead atoms. The Morgan fingerprint density at radius 3 is 2.96 bits per heavy atom. The van der Waals surface area contributed by atoms with Gasteiger partial charge in [0.25, 0.3) is 0 Å². The Balaban J connectivity index is 1.87. The Bertz CT molecular complexity index is 820. The highest BCUT2D eigenvalue weighted by molar-refractivity contribution is 6.33. The number of aromatic nitrogens is 1. The zero-order valence-electron chi connectivity index (χ0n) is 13.2. The highest BCUT2D eigenvalue weighted by atomic mass is 35.5. The molecule has 2 aromatic rings. The first kappa shape index (κ1) is 15.2. The van der Waals surface area contributed by atoms with E-state index in [9.17, 15) is 4.79 Å². The maximum absolute atomic E-state index is 12.2. The molecule has 1 N–H and O–H groups in total. The molecule has 0 saturated heterocycles. The van der Waals surface area contributed by atoms with Crippen LogP contribution in [0, 0.1) is 5.92 Å². The van der Waals surface area contributed by atoms with Gasteiger partial charge in [-0.25, -0.2) is 4.79 Å². The van der Waals surface area contributed by atoms with Crippen LogP contribution in [0.2, 0.25) is 5.02 Å². The van der Waals surface area contributed by atoms with E-state index in [1.54, 1.807) is 18.3 Å². The lowest BCUT2D eigenvalue weighted by molar-refractivity contribution is 0.0598. The SMILES string of the molecule is COC(=O)c1ccc(Cl)c2c1[C@@H]1C=CC[C@@H]1[C@H](c1ccccn1)N2. The molecule has 1 aromatic carbocycles. The third kappa shape index (κ3) is 2.29. The summed E-state index contributed by atoms with van der Waals surface area (Å²) in [5.41, 5.74) is 3.30. The van der Waals surface area contributed by atoms with Crippen LogP contribution < -0.4 is 5.32 Å². The molecule has 2 aliphatic rings. The number of rotatable bonds is 2. The standard InChI is InChI=1S/C19H17ClN2O2/c1-24-19(23)13-8-9-14(20)18-16(13)11-5-4-6-12(11)17(22-18)15-7-2-3-10-21-15/h2-5,7-12,17,22H,6H2,1H3/t11-,12+,17-/m1/s1. The number of benzene rings is 1. The second-order valence-electron chi connectivity index (χ2n) is 6.11. The van der Waals surface area contributed by atoms with Crippen LogP contribution in [-0.4, -0.2) is 18.1 Å². The lowest BCUT2D eigenvalue weighted by atomic mass is 9.76.